The number of amides is 1. The fourth-order valence-corrected chi connectivity index (χ4v) is 5.84. The van der Waals surface area contributed by atoms with Crippen LogP contribution < -0.4 is 4.74 Å². The molecule has 1 aliphatic heterocycles. The molecule has 1 amide bonds. The van der Waals surface area contributed by atoms with Crippen molar-refractivity contribution in [1.82, 2.24) is 9.21 Å². The Balaban J connectivity index is 1.27. The van der Waals surface area contributed by atoms with E-state index in [1.165, 1.54) is 17.1 Å². The molecule has 0 atom stereocenters. The first-order valence-corrected chi connectivity index (χ1v) is 13.0. The number of carbonyl (C=O) groups excluding carboxylic acids is 1. The van der Waals surface area contributed by atoms with Crippen LogP contribution in [0.5, 0.6) is 5.75 Å². The molecule has 172 valence electrons. The molecular weight excluding hydrogens is 424 g/mol. The maximum atomic E-state index is 12.9. The van der Waals surface area contributed by atoms with Crippen molar-refractivity contribution in [3.63, 3.8) is 0 Å². The number of hydrogen-bond donors (Lipinski definition) is 0. The van der Waals surface area contributed by atoms with Crippen LogP contribution in [0, 0.1) is 6.92 Å². The van der Waals surface area contributed by atoms with E-state index in [-0.39, 0.29) is 5.91 Å². The molecular formula is C25H32N2O4S. The minimum absolute atomic E-state index is 0.0690. The van der Waals surface area contributed by atoms with Crippen LogP contribution in [0.1, 0.15) is 43.2 Å². The summed E-state index contributed by atoms with van der Waals surface area (Å²) in [6.07, 6.45) is 6.10. The van der Waals surface area contributed by atoms with Gasteiger partial charge in [0, 0.05) is 32.6 Å². The monoisotopic (exact) mass is 456 g/mol. The number of nitrogens with zero attached hydrogens (tertiary/aromatic N) is 2. The lowest BCUT2D eigenvalue weighted by Gasteiger charge is -2.34. The number of rotatable bonds is 7. The van der Waals surface area contributed by atoms with Gasteiger partial charge in [0.15, 0.2) is 0 Å². The molecule has 6 nitrogen and oxygen atoms in total. The Morgan fingerprint density at radius 1 is 1.00 bits per heavy atom. The summed E-state index contributed by atoms with van der Waals surface area (Å²) in [4.78, 5) is 14.8. The normalized spacial score (nSPS) is 18.1. The fourth-order valence-electron chi connectivity index (χ4n) is 4.42. The van der Waals surface area contributed by atoms with E-state index >= 15 is 0 Å². The van der Waals surface area contributed by atoms with Crippen LogP contribution in [0.4, 0.5) is 0 Å². The summed E-state index contributed by atoms with van der Waals surface area (Å²) in [5, 5.41) is 0. The van der Waals surface area contributed by atoms with Gasteiger partial charge in [-0.05, 0) is 68.9 Å². The SMILES string of the molecule is Cc1ccc(S(=O)(=O)N2CCN(C(=O)CCc3cccc(OC4CCCC4)c3)CC2)cc1. The molecule has 32 heavy (non-hydrogen) atoms. The fraction of sp³-hybridized carbons (Fsp3) is 0.480. The number of ether oxygens (including phenoxy) is 1. The van der Waals surface area contributed by atoms with E-state index in [4.69, 9.17) is 4.74 Å². The van der Waals surface area contributed by atoms with Gasteiger partial charge < -0.3 is 9.64 Å². The standard InChI is InChI=1S/C25H32N2O4S/c1-20-9-12-24(13-10-20)32(29,30)27-17-15-26(16-18-27)25(28)14-11-21-5-4-8-23(19-21)31-22-6-2-3-7-22/h4-5,8-10,12-13,19,22H,2-3,6-7,11,14-18H2,1H3. The lowest BCUT2D eigenvalue weighted by molar-refractivity contribution is -0.132. The highest BCUT2D eigenvalue weighted by atomic mass is 32.2. The first-order valence-electron chi connectivity index (χ1n) is 11.5. The van der Waals surface area contributed by atoms with Crippen LogP contribution in [-0.4, -0.2) is 55.8 Å². The number of piperazine rings is 1. The van der Waals surface area contributed by atoms with Crippen LogP contribution in [0.15, 0.2) is 53.4 Å². The number of sulfonamides is 1. The molecule has 7 heteroatoms. The Hall–Kier alpha value is -2.38. The summed E-state index contributed by atoms with van der Waals surface area (Å²) < 4.78 is 33.2. The molecule has 1 saturated heterocycles. The van der Waals surface area contributed by atoms with Gasteiger partial charge in [-0.3, -0.25) is 4.79 Å². The average molecular weight is 457 g/mol. The van der Waals surface area contributed by atoms with Crippen LogP contribution in [-0.2, 0) is 21.2 Å². The van der Waals surface area contributed by atoms with Gasteiger partial charge in [-0.2, -0.15) is 4.31 Å². The highest BCUT2D eigenvalue weighted by Crippen LogP contribution is 2.25. The summed E-state index contributed by atoms with van der Waals surface area (Å²) in [5.41, 5.74) is 2.12. The molecule has 1 saturated carbocycles. The maximum absolute atomic E-state index is 12.9. The van der Waals surface area contributed by atoms with Crippen LogP contribution in [0.25, 0.3) is 0 Å². The highest BCUT2D eigenvalue weighted by Gasteiger charge is 2.29. The first kappa shape index (κ1) is 22.8. The molecule has 1 aliphatic carbocycles. The van der Waals surface area contributed by atoms with Crippen molar-refractivity contribution < 1.29 is 17.9 Å². The van der Waals surface area contributed by atoms with Gasteiger partial charge in [-0.1, -0.05) is 29.8 Å². The predicted molar refractivity (Wildman–Crippen MR) is 124 cm³/mol. The summed E-state index contributed by atoms with van der Waals surface area (Å²) in [6, 6.07) is 14.9. The second-order valence-electron chi connectivity index (χ2n) is 8.77. The first-order chi connectivity index (χ1) is 15.4. The van der Waals surface area contributed by atoms with E-state index < -0.39 is 10.0 Å². The molecule has 1 heterocycles. The third kappa shape index (κ3) is 5.51. The van der Waals surface area contributed by atoms with Crippen molar-refractivity contribution >= 4 is 15.9 Å². The molecule has 0 N–H and O–H groups in total. The summed E-state index contributed by atoms with van der Waals surface area (Å²) in [6.45, 7) is 3.43. The molecule has 2 aromatic rings. The minimum Gasteiger partial charge on any atom is -0.490 e. The van der Waals surface area contributed by atoms with Gasteiger partial charge in [0.2, 0.25) is 15.9 Å². The molecule has 0 aromatic heterocycles. The number of aryl methyl sites for hydroxylation is 2. The highest BCUT2D eigenvalue weighted by molar-refractivity contribution is 7.89. The Kier molecular flexibility index (Phi) is 7.16. The third-order valence-electron chi connectivity index (χ3n) is 6.38. The van der Waals surface area contributed by atoms with Gasteiger partial charge >= 0.3 is 0 Å². The molecule has 0 bridgehead atoms. The van der Waals surface area contributed by atoms with E-state index in [0.29, 0.717) is 50.0 Å². The van der Waals surface area contributed by atoms with Crippen molar-refractivity contribution in [2.75, 3.05) is 26.2 Å². The van der Waals surface area contributed by atoms with Crippen molar-refractivity contribution in [1.29, 1.82) is 0 Å². The van der Waals surface area contributed by atoms with E-state index in [2.05, 4.69) is 0 Å². The van der Waals surface area contributed by atoms with E-state index in [1.54, 1.807) is 29.2 Å². The maximum Gasteiger partial charge on any atom is 0.243 e. The van der Waals surface area contributed by atoms with Crippen molar-refractivity contribution in [2.45, 2.75) is 56.4 Å². The van der Waals surface area contributed by atoms with E-state index in [9.17, 15) is 13.2 Å². The van der Waals surface area contributed by atoms with Gasteiger partial charge in [-0.15, -0.1) is 0 Å². The topological polar surface area (TPSA) is 66.9 Å². The number of benzene rings is 2. The van der Waals surface area contributed by atoms with Crippen molar-refractivity contribution in [3.05, 3.63) is 59.7 Å². The summed E-state index contributed by atoms with van der Waals surface area (Å²) in [7, 11) is -3.52. The Morgan fingerprint density at radius 3 is 2.38 bits per heavy atom. The Labute approximate surface area is 191 Å². The second kappa shape index (κ2) is 10.0. The predicted octanol–water partition coefficient (Wildman–Crippen LogP) is 3.78. The van der Waals surface area contributed by atoms with Crippen LogP contribution in [0.2, 0.25) is 0 Å². The lowest BCUT2D eigenvalue weighted by Crippen LogP contribution is -2.50. The minimum atomic E-state index is -3.52. The molecule has 2 fully saturated rings. The zero-order chi connectivity index (χ0) is 22.6. The number of carbonyl (C=O) groups is 1. The van der Waals surface area contributed by atoms with Gasteiger partial charge in [-0.25, -0.2) is 8.42 Å². The molecule has 0 unspecified atom stereocenters. The summed E-state index contributed by atoms with van der Waals surface area (Å²) >= 11 is 0. The van der Waals surface area contributed by atoms with Crippen LogP contribution in [0.3, 0.4) is 0 Å². The number of hydrogen-bond acceptors (Lipinski definition) is 4. The molecule has 4 rings (SSSR count). The molecule has 0 spiro atoms. The Morgan fingerprint density at radius 2 is 1.69 bits per heavy atom. The molecule has 0 radical (unpaired) electrons. The second-order valence-corrected chi connectivity index (χ2v) is 10.7. The third-order valence-corrected chi connectivity index (χ3v) is 8.29. The smallest absolute Gasteiger partial charge is 0.243 e. The lowest BCUT2D eigenvalue weighted by atomic mass is 10.1. The van der Waals surface area contributed by atoms with Gasteiger partial charge in [0.05, 0.1) is 11.0 Å². The largest absolute Gasteiger partial charge is 0.490 e. The van der Waals surface area contributed by atoms with Crippen LogP contribution >= 0.6 is 0 Å². The zero-order valence-electron chi connectivity index (χ0n) is 18.7. The Bertz CT molecular complexity index is 1020. The quantitative estimate of drug-likeness (QED) is 0.636. The van der Waals surface area contributed by atoms with E-state index in [0.717, 1.165) is 29.7 Å². The van der Waals surface area contributed by atoms with Gasteiger partial charge in [0.25, 0.3) is 0 Å². The molecule has 2 aliphatic rings. The van der Waals surface area contributed by atoms with Crippen molar-refractivity contribution in [2.24, 2.45) is 0 Å². The zero-order valence-corrected chi connectivity index (χ0v) is 19.5. The van der Waals surface area contributed by atoms with E-state index in [1.807, 2.05) is 31.2 Å². The summed E-state index contributed by atoms with van der Waals surface area (Å²) in [5.74, 6) is 0.955. The average Bonchev–Trinajstić information content (AvgIpc) is 3.31. The molecule has 2 aromatic carbocycles. The van der Waals surface area contributed by atoms with Gasteiger partial charge in [0.1, 0.15) is 5.75 Å². The van der Waals surface area contributed by atoms with Crippen molar-refractivity contribution in [3.8, 4) is 5.75 Å².